The highest BCUT2D eigenvalue weighted by atomic mass is 35.5. The van der Waals surface area contributed by atoms with Crippen molar-refractivity contribution < 1.29 is 17.9 Å². The minimum atomic E-state index is -3.77. The van der Waals surface area contributed by atoms with Crippen LogP contribution in [-0.2, 0) is 14.8 Å². The fourth-order valence-electron chi connectivity index (χ4n) is 2.67. The van der Waals surface area contributed by atoms with Gasteiger partial charge in [-0.3, -0.25) is 9.10 Å². The molecule has 0 saturated heterocycles. The quantitative estimate of drug-likeness (QED) is 0.811. The summed E-state index contributed by atoms with van der Waals surface area (Å²) in [5.74, 6) is 0.237. The Labute approximate surface area is 157 Å². The van der Waals surface area contributed by atoms with Crippen LogP contribution in [0, 0.1) is 0 Å². The zero-order valence-electron chi connectivity index (χ0n) is 14.4. The van der Waals surface area contributed by atoms with Crippen molar-refractivity contribution >= 4 is 38.9 Å². The van der Waals surface area contributed by atoms with Gasteiger partial charge in [0.25, 0.3) is 10.0 Å². The third-order valence-electron chi connectivity index (χ3n) is 4.00. The van der Waals surface area contributed by atoms with Crippen LogP contribution in [0.15, 0.2) is 47.4 Å². The summed E-state index contributed by atoms with van der Waals surface area (Å²) in [7, 11) is -2.29. The van der Waals surface area contributed by atoms with Gasteiger partial charge in [-0.1, -0.05) is 11.6 Å². The molecule has 0 spiro atoms. The zero-order valence-corrected chi connectivity index (χ0v) is 16.0. The number of anilines is 2. The fraction of sp³-hybridized carbons (Fsp3) is 0.278. The van der Waals surface area contributed by atoms with E-state index >= 15 is 0 Å². The Bertz CT molecular complexity index is 925. The molecule has 2 aromatic rings. The molecule has 0 atom stereocenters. The van der Waals surface area contributed by atoms with Crippen LogP contribution in [0.5, 0.6) is 5.75 Å². The molecule has 1 N–H and O–H groups in total. The maximum atomic E-state index is 13.2. The number of nitrogens with zero attached hydrogens (tertiary/aromatic N) is 1. The average molecular weight is 395 g/mol. The SMILES string of the molecule is COc1ccc(S(=O)(=O)N(c2ccc(NC(C)=O)cc2)C2CC2)cc1Cl. The largest absolute Gasteiger partial charge is 0.495 e. The van der Waals surface area contributed by atoms with Crippen LogP contribution in [0.3, 0.4) is 0 Å². The van der Waals surface area contributed by atoms with Gasteiger partial charge in [-0.25, -0.2) is 8.42 Å². The van der Waals surface area contributed by atoms with E-state index in [4.69, 9.17) is 16.3 Å². The van der Waals surface area contributed by atoms with Crippen LogP contribution in [0.1, 0.15) is 19.8 Å². The first kappa shape index (κ1) is 18.5. The maximum absolute atomic E-state index is 13.2. The molecule has 26 heavy (non-hydrogen) atoms. The van der Waals surface area contributed by atoms with Gasteiger partial charge in [-0.05, 0) is 55.3 Å². The lowest BCUT2D eigenvalue weighted by Gasteiger charge is -2.25. The van der Waals surface area contributed by atoms with Crippen molar-refractivity contribution in [3.8, 4) is 5.75 Å². The standard InChI is InChI=1S/C18H19ClN2O4S/c1-12(22)20-13-3-5-14(6-4-13)21(15-7-8-15)26(23,24)16-9-10-18(25-2)17(19)11-16/h3-6,9-11,15H,7-8H2,1-2H3,(H,20,22). The molecule has 3 rings (SSSR count). The molecule has 1 saturated carbocycles. The van der Waals surface area contributed by atoms with Gasteiger partial charge >= 0.3 is 0 Å². The summed E-state index contributed by atoms with van der Waals surface area (Å²) in [4.78, 5) is 11.3. The Hall–Kier alpha value is -2.25. The molecule has 0 unspecified atom stereocenters. The lowest BCUT2D eigenvalue weighted by molar-refractivity contribution is -0.114. The number of carbonyl (C=O) groups excluding carboxylic acids is 1. The van der Waals surface area contributed by atoms with Crippen molar-refractivity contribution in [2.45, 2.75) is 30.7 Å². The topological polar surface area (TPSA) is 75.7 Å². The Morgan fingerprint density at radius 3 is 2.35 bits per heavy atom. The molecular weight excluding hydrogens is 376 g/mol. The maximum Gasteiger partial charge on any atom is 0.264 e. The average Bonchev–Trinajstić information content (AvgIpc) is 3.40. The molecule has 1 fully saturated rings. The lowest BCUT2D eigenvalue weighted by atomic mass is 10.2. The number of nitrogens with one attached hydrogen (secondary N) is 1. The van der Waals surface area contributed by atoms with Gasteiger partial charge < -0.3 is 10.1 Å². The summed E-state index contributed by atoms with van der Waals surface area (Å²) in [6, 6.07) is 11.1. The Morgan fingerprint density at radius 1 is 1.19 bits per heavy atom. The molecule has 1 aliphatic rings. The van der Waals surface area contributed by atoms with Crippen molar-refractivity contribution in [1.82, 2.24) is 0 Å². The first-order valence-corrected chi connectivity index (χ1v) is 9.90. The summed E-state index contributed by atoms with van der Waals surface area (Å²) >= 11 is 6.10. The van der Waals surface area contributed by atoms with Crippen LogP contribution < -0.4 is 14.4 Å². The van der Waals surface area contributed by atoms with E-state index in [0.717, 1.165) is 12.8 Å². The summed E-state index contributed by atoms with van der Waals surface area (Å²) in [6.07, 6.45) is 1.60. The van der Waals surface area contributed by atoms with Gasteiger partial charge in [-0.15, -0.1) is 0 Å². The molecule has 6 nitrogen and oxygen atoms in total. The van der Waals surface area contributed by atoms with Gasteiger partial charge in [0.1, 0.15) is 5.75 Å². The minimum Gasteiger partial charge on any atom is -0.495 e. The normalized spacial score (nSPS) is 14.0. The van der Waals surface area contributed by atoms with Gasteiger partial charge in [0, 0.05) is 18.7 Å². The molecule has 0 heterocycles. The number of halogens is 1. The molecule has 2 aromatic carbocycles. The molecule has 0 radical (unpaired) electrons. The first-order chi connectivity index (χ1) is 12.3. The number of hydrogen-bond acceptors (Lipinski definition) is 4. The van der Waals surface area contributed by atoms with Crippen molar-refractivity contribution in [1.29, 1.82) is 0 Å². The van der Waals surface area contributed by atoms with Gasteiger partial charge in [0.2, 0.25) is 5.91 Å². The van der Waals surface area contributed by atoms with Gasteiger partial charge in [0.15, 0.2) is 0 Å². The van der Waals surface area contributed by atoms with Crippen molar-refractivity contribution in [3.05, 3.63) is 47.5 Å². The van der Waals surface area contributed by atoms with Gasteiger partial charge in [0.05, 0.1) is 22.7 Å². The third-order valence-corrected chi connectivity index (χ3v) is 6.17. The molecule has 0 aliphatic heterocycles. The van der Waals surface area contributed by atoms with E-state index in [0.29, 0.717) is 17.1 Å². The van der Waals surface area contributed by atoms with E-state index in [2.05, 4.69) is 5.32 Å². The second-order valence-corrected chi connectivity index (χ2v) is 8.28. The van der Waals surface area contributed by atoms with E-state index in [1.165, 1.54) is 30.5 Å². The number of hydrogen-bond donors (Lipinski definition) is 1. The minimum absolute atomic E-state index is 0.0764. The van der Waals surface area contributed by atoms with Crippen LogP contribution >= 0.6 is 11.6 Å². The Balaban J connectivity index is 1.97. The third kappa shape index (κ3) is 3.78. The van der Waals surface area contributed by atoms with Crippen LogP contribution in [-0.4, -0.2) is 27.5 Å². The van der Waals surface area contributed by atoms with E-state index in [9.17, 15) is 13.2 Å². The number of carbonyl (C=O) groups is 1. The molecule has 138 valence electrons. The number of methoxy groups -OCH3 is 1. The summed E-state index contributed by atoms with van der Waals surface area (Å²) in [5, 5.41) is 2.91. The fourth-order valence-corrected chi connectivity index (χ4v) is 4.73. The van der Waals surface area contributed by atoms with E-state index < -0.39 is 10.0 Å². The highest BCUT2D eigenvalue weighted by Gasteiger charge is 2.38. The Kier molecular flexibility index (Phi) is 5.11. The highest BCUT2D eigenvalue weighted by Crippen LogP contribution is 2.38. The van der Waals surface area contributed by atoms with Crippen molar-refractivity contribution in [2.75, 3.05) is 16.7 Å². The number of rotatable bonds is 6. The van der Waals surface area contributed by atoms with Crippen LogP contribution in [0.4, 0.5) is 11.4 Å². The zero-order chi connectivity index (χ0) is 18.9. The second kappa shape index (κ2) is 7.17. The molecule has 0 aromatic heterocycles. The first-order valence-electron chi connectivity index (χ1n) is 8.08. The highest BCUT2D eigenvalue weighted by molar-refractivity contribution is 7.92. The smallest absolute Gasteiger partial charge is 0.264 e. The second-order valence-electron chi connectivity index (χ2n) is 6.06. The molecule has 0 bridgehead atoms. The van der Waals surface area contributed by atoms with Crippen LogP contribution in [0.25, 0.3) is 0 Å². The van der Waals surface area contributed by atoms with E-state index in [1.807, 2.05) is 0 Å². The molecule has 1 amide bonds. The summed E-state index contributed by atoms with van der Waals surface area (Å²) in [6.45, 7) is 1.42. The predicted molar refractivity (Wildman–Crippen MR) is 101 cm³/mol. The lowest BCUT2D eigenvalue weighted by Crippen LogP contribution is -2.33. The van der Waals surface area contributed by atoms with Gasteiger partial charge in [-0.2, -0.15) is 0 Å². The Morgan fingerprint density at radius 2 is 1.85 bits per heavy atom. The van der Waals surface area contributed by atoms with Crippen molar-refractivity contribution in [2.24, 2.45) is 0 Å². The molecule has 1 aliphatic carbocycles. The number of amides is 1. The van der Waals surface area contributed by atoms with E-state index in [1.54, 1.807) is 30.3 Å². The predicted octanol–water partition coefficient (Wildman–Crippen LogP) is 3.66. The summed E-state index contributed by atoms with van der Waals surface area (Å²) in [5.41, 5.74) is 1.16. The summed E-state index contributed by atoms with van der Waals surface area (Å²) < 4.78 is 32.9. The monoisotopic (exact) mass is 394 g/mol. The van der Waals surface area contributed by atoms with Crippen molar-refractivity contribution in [3.63, 3.8) is 0 Å². The number of sulfonamides is 1. The van der Waals surface area contributed by atoms with E-state index in [-0.39, 0.29) is 21.9 Å². The van der Waals surface area contributed by atoms with Crippen LogP contribution in [0.2, 0.25) is 5.02 Å². The number of benzene rings is 2. The molecule has 8 heteroatoms. The number of ether oxygens (including phenoxy) is 1. The molecular formula is C18H19ClN2O4S.